The topological polar surface area (TPSA) is 38.0 Å². The Kier molecular flexibility index (Phi) is 2.83. The Morgan fingerprint density at radius 1 is 1.15 bits per heavy atom. The van der Waals surface area contributed by atoms with Gasteiger partial charge in [0, 0.05) is 6.04 Å². The Morgan fingerprint density at radius 2 is 1.62 bits per heavy atom. The lowest BCUT2D eigenvalue weighted by Crippen LogP contribution is -2.47. The minimum Gasteiger partial charge on any atom is -0.323 e. The van der Waals surface area contributed by atoms with Gasteiger partial charge in [-0.2, -0.15) is 0 Å². The van der Waals surface area contributed by atoms with Gasteiger partial charge in [-0.15, -0.1) is 0 Å². The van der Waals surface area contributed by atoms with Gasteiger partial charge in [0.25, 0.3) is 0 Å². The molecule has 74 valence electrons. The fourth-order valence-electron chi connectivity index (χ4n) is 1.54. The Morgan fingerprint density at radius 3 is 2.08 bits per heavy atom. The second kappa shape index (κ2) is 3.55. The number of nitrogens with two attached hydrogens (primary N) is 1. The van der Waals surface area contributed by atoms with Crippen molar-refractivity contribution in [1.82, 2.24) is 5.32 Å². The Hall–Kier alpha value is -0.740. The third-order valence-corrected chi connectivity index (χ3v) is 2.52. The highest BCUT2D eigenvalue weighted by Crippen LogP contribution is 2.31. The summed E-state index contributed by atoms with van der Waals surface area (Å²) < 4.78 is 26.3. The van der Waals surface area contributed by atoms with Crippen molar-refractivity contribution in [2.24, 2.45) is 5.73 Å². The monoisotopic (exact) mass is 188 g/mol. The molecule has 4 heteroatoms. The van der Waals surface area contributed by atoms with Crippen LogP contribution in [0.3, 0.4) is 0 Å². The summed E-state index contributed by atoms with van der Waals surface area (Å²) in [5.74, 6) is -1.59. The summed E-state index contributed by atoms with van der Waals surface area (Å²) in [5, 5.41) is 2.86. The molecule has 0 saturated carbocycles. The zero-order valence-corrected chi connectivity index (χ0v) is 7.99. The zero-order chi connectivity index (χ0) is 10.2. The molecule has 2 atom stereocenters. The van der Waals surface area contributed by atoms with Crippen molar-refractivity contribution in [2.75, 3.05) is 7.05 Å². The van der Waals surface area contributed by atoms with Gasteiger partial charge in [-0.1, -0.05) is 0 Å². The molecule has 2 nitrogen and oxygen atoms in total. The van der Waals surface area contributed by atoms with E-state index in [-0.39, 0.29) is 11.6 Å². The fourth-order valence-corrected chi connectivity index (χ4v) is 1.54. The van der Waals surface area contributed by atoms with Gasteiger partial charge >= 0.3 is 0 Å². The molecule has 0 radical (unpaired) electrons. The summed E-state index contributed by atoms with van der Waals surface area (Å²) in [6, 6.07) is -0.788. The summed E-state index contributed by atoms with van der Waals surface area (Å²) in [5.41, 5.74) is 6.31. The summed E-state index contributed by atoms with van der Waals surface area (Å²) in [4.78, 5) is 0. The second-order valence-electron chi connectivity index (χ2n) is 3.29. The van der Waals surface area contributed by atoms with Crippen LogP contribution in [0.1, 0.15) is 13.8 Å². The minimum absolute atomic E-state index is 0.266. The van der Waals surface area contributed by atoms with Gasteiger partial charge in [-0.25, -0.2) is 8.78 Å². The average Bonchev–Trinajstić information content (AvgIpc) is 2.13. The van der Waals surface area contributed by atoms with Crippen LogP contribution in [0.15, 0.2) is 22.8 Å². The van der Waals surface area contributed by atoms with Gasteiger partial charge in [0.1, 0.15) is 0 Å². The van der Waals surface area contributed by atoms with E-state index in [1.165, 1.54) is 6.92 Å². The normalized spacial score (nSPS) is 30.0. The van der Waals surface area contributed by atoms with Crippen LogP contribution in [0.2, 0.25) is 0 Å². The van der Waals surface area contributed by atoms with Crippen molar-refractivity contribution in [3.63, 3.8) is 0 Å². The molecule has 13 heavy (non-hydrogen) atoms. The predicted octanol–water partition coefficient (Wildman–Crippen LogP) is 1.40. The van der Waals surface area contributed by atoms with Crippen LogP contribution < -0.4 is 11.1 Å². The third-order valence-electron chi connectivity index (χ3n) is 2.52. The van der Waals surface area contributed by atoms with Crippen LogP contribution in [-0.2, 0) is 0 Å². The van der Waals surface area contributed by atoms with E-state index in [4.69, 9.17) is 5.73 Å². The fraction of sp³-hybridized carbons (Fsp3) is 0.556. The Balaban J connectivity index is 3.15. The molecule has 2 unspecified atom stereocenters. The molecule has 0 aromatic rings. The largest absolute Gasteiger partial charge is 0.323 e. The minimum atomic E-state index is -0.809. The quantitative estimate of drug-likeness (QED) is 0.652. The summed E-state index contributed by atoms with van der Waals surface area (Å²) >= 11 is 0. The first-order valence-electron chi connectivity index (χ1n) is 4.16. The average molecular weight is 188 g/mol. The molecule has 0 bridgehead atoms. The van der Waals surface area contributed by atoms with Crippen LogP contribution in [0.5, 0.6) is 0 Å². The molecule has 0 spiro atoms. The number of hydrogen-bond donors (Lipinski definition) is 2. The van der Waals surface area contributed by atoms with Crippen LogP contribution in [0, 0.1) is 0 Å². The number of nitrogens with one attached hydrogen (secondary N) is 1. The van der Waals surface area contributed by atoms with Crippen molar-refractivity contribution in [1.29, 1.82) is 0 Å². The van der Waals surface area contributed by atoms with Crippen molar-refractivity contribution >= 4 is 0 Å². The van der Waals surface area contributed by atoms with E-state index >= 15 is 0 Å². The smallest absolute Gasteiger partial charge is 0.159 e. The maximum Gasteiger partial charge on any atom is 0.159 e. The van der Waals surface area contributed by atoms with Crippen molar-refractivity contribution in [3.05, 3.63) is 22.8 Å². The first-order valence-corrected chi connectivity index (χ1v) is 4.16. The maximum atomic E-state index is 13.2. The zero-order valence-electron chi connectivity index (χ0n) is 7.99. The van der Waals surface area contributed by atoms with Crippen LogP contribution in [0.25, 0.3) is 0 Å². The molecule has 0 amide bonds. The molecule has 1 aliphatic carbocycles. The van der Waals surface area contributed by atoms with Gasteiger partial charge in [-0.3, -0.25) is 0 Å². The number of likely N-dealkylation sites (N-methyl/N-ethyl adjacent to an activating group) is 1. The summed E-state index contributed by atoms with van der Waals surface area (Å²) in [7, 11) is 1.68. The summed E-state index contributed by atoms with van der Waals surface area (Å²) in [6.07, 6.45) is 0. The van der Waals surface area contributed by atoms with Crippen LogP contribution >= 0.6 is 0 Å². The van der Waals surface area contributed by atoms with Crippen LogP contribution in [0.4, 0.5) is 8.78 Å². The van der Waals surface area contributed by atoms with E-state index in [2.05, 4.69) is 5.32 Å². The Labute approximate surface area is 76.5 Å². The highest BCUT2D eigenvalue weighted by atomic mass is 19.2. The van der Waals surface area contributed by atoms with E-state index in [0.29, 0.717) is 5.57 Å². The van der Waals surface area contributed by atoms with Gasteiger partial charge in [0.05, 0.1) is 6.04 Å². The van der Waals surface area contributed by atoms with Crippen molar-refractivity contribution < 1.29 is 8.78 Å². The summed E-state index contributed by atoms with van der Waals surface area (Å²) in [6.45, 7) is 3.05. The highest BCUT2D eigenvalue weighted by molar-refractivity contribution is 5.40. The highest BCUT2D eigenvalue weighted by Gasteiger charge is 2.30. The second-order valence-corrected chi connectivity index (χ2v) is 3.29. The molecule has 1 aliphatic rings. The van der Waals surface area contributed by atoms with E-state index in [1.807, 2.05) is 0 Å². The van der Waals surface area contributed by atoms with Gasteiger partial charge < -0.3 is 11.1 Å². The van der Waals surface area contributed by atoms with Gasteiger partial charge in [-0.05, 0) is 32.0 Å². The van der Waals surface area contributed by atoms with Gasteiger partial charge in [0.15, 0.2) is 11.7 Å². The first-order chi connectivity index (χ1) is 6.00. The third kappa shape index (κ3) is 1.51. The standard InChI is InChI=1S/C9H14F2N2/c1-4-6(10)7(11)5(2)9(13-3)8(4)12/h8-9,13H,12H2,1-3H3. The number of hydrogen-bond acceptors (Lipinski definition) is 2. The predicted molar refractivity (Wildman–Crippen MR) is 48.4 cm³/mol. The lowest BCUT2D eigenvalue weighted by atomic mass is 9.89. The molecule has 0 aromatic carbocycles. The van der Waals surface area contributed by atoms with E-state index in [1.54, 1.807) is 14.0 Å². The van der Waals surface area contributed by atoms with Crippen molar-refractivity contribution in [2.45, 2.75) is 25.9 Å². The van der Waals surface area contributed by atoms with E-state index in [0.717, 1.165) is 0 Å². The SMILES string of the molecule is CNC1C(C)=C(F)C(F)=C(C)C1N. The lowest BCUT2D eigenvalue weighted by Gasteiger charge is -2.29. The molecular weight excluding hydrogens is 174 g/mol. The molecule has 0 saturated heterocycles. The Bertz CT molecular complexity index is 281. The molecule has 0 fully saturated rings. The number of allylic oxidation sites excluding steroid dienone is 2. The van der Waals surface area contributed by atoms with Crippen molar-refractivity contribution in [3.8, 4) is 0 Å². The molecule has 3 N–H and O–H groups in total. The molecule has 0 aromatic heterocycles. The van der Waals surface area contributed by atoms with Crippen LogP contribution in [-0.4, -0.2) is 19.1 Å². The number of rotatable bonds is 1. The molecule has 1 rings (SSSR count). The maximum absolute atomic E-state index is 13.2. The number of halogens is 2. The molecular formula is C9H14F2N2. The van der Waals surface area contributed by atoms with Gasteiger partial charge in [0.2, 0.25) is 0 Å². The van der Waals surface area contributed by atoms with E-state index in [9.17, 15) is 8.78 Å². The molecule has 0 aliphatic heterocycles. The molecule has 0 heterocycles. The lowest BCUT2D eigenvalue weighted by molar-refractivity contribution is 0.453. The van der Waals surface area contributed by atoms with E-state index < -0.39 is 17.7 Å². The first kappa shape index (κ1) is 10.3.